The van der Waals surface area contributed by atoms with Crippen molar-refractivity contribution >= 4 is 0 Å². The second kappa shape index (κ2) is 7.80. The Hall–Kier alpha value is -0.860. The normalized spacial score (nSPS) is 17.6. The molecule has 2 rings (SSSR count). The fraction of sp³-hybridized carbons (Fsp3) is 0.667. The molecule has 0 atom stereocenters. The molecule has 1 aromatic rings. The lowest BCUT2D eigenvalue weighted by Gasteiger charge is -2.32. The average Bonchev–Trinajstić information content (AvgIpc) is 2.45. The number of benzene rings is 1. The van der Waals surface area contributed by atoms with E-state index in [0.29, 0.717) is 6.04 Å². The number of likely N-dealkylation sites (tertiary alicyclic amines) is 1. The highest BCUT2D eigenvalue weighted by atomic mass is 15.1. The Balaban J connectivity index is 1.73. The molecule has 0 aliphatic carbocycles. The summed E-state index contributed by atoms with van der Waals surface area (Å²) in [6, 6.07) is 7.48. The maximum Gasteiger partial charge on any atom is 0.0210 e. The van der Waals surface area contributed by atoms with Gasteiger partial charge in [0.1, 0.15) is 0 Å². The lowest BCUT2D eigenvalue weighted by molar-refractivity contribution is 0.195. The molecule has 112 valence electrons. The van der Waals surface area contributed by atoms with E-state index in [1.807, 2.05) is 0 Å². The molecule has 1 N–H and O–H groups in total. The number of aryl methyl sites for hydroxylation is 2. The van der Waals surface area contributed by atoms with Crippen LogP contribution in [-0.2, 0) is 6.54 Å². The van der Waals surface area contributed by atoms with Crippen molar-refractivity contribution in [2.75, 3.05) is 19.6 Å². The molecule has 0 bridgehead atoms. The van der Waals surface area contributed by atoms with E-state index in [0.717, 1.165) is 6.54 Å². The number of nitrogens with one attached hydrogen (secondary N) is 1. The van der Waals surface area contributed by atoms with Gasteiger partial charge in [-0.1, -0.05) is 37.1 Å². The molecule has 0 radical (unpaired) electrons. The summed E-state index contributed by atoms with van der Waals surface area (Å²) in [4.78, 5) is 2.62. The summed E-state index contributed by atoms with van der Waals surface area (Å²) in [6.07, 6.45) is 5.26. The molecule has 0 aromatic heterocycles. The summed E-state index contributed by atoms with van der Waals surface area (Å²) in [5, 5.41) is 3.75. The number of nitrogens with zero attached hydrogens (tertiary/aromatic N) is 1. The minimum absolute atomic E-state index is 0.702. The van der Waals surface area contributed by atoms with Gasteiger partial charge in [-0.15, -0.1) is 0 Å². The first-order chi connectivity index (χ1) is 9.69. The van der Waals surface area contributed by atoms with E-state index in [2.05, 4.69) is 49.2 Å². The molecule has 1 saturated heterocycles. The Morgan fingerprint density at radius 1 is 1.20 bits per heavy atom. The third kappa shape index (κ3) is 4.60. The van der Waals surface area contributed by atoms with E-state index >= 15 is 0 Å². The van der Waals surface area contributed by atoms with Crippen LogP contribution in [0.15, 0.2) is 18.2 Å². The van der Waals surface area contributed by atoms with Crippen LogP contribution in [0.3, 0.4) is 0 Å². The molecule has 0 unspecified atom stereocenters. The van der Waals surface area contributed by atoms with Crippen molar-refractivity contribution < 1.29 is 0 Å². The van der Waals surface area contributed by atoms with Crippen molar-refractivity contribution in [2.24, 2.45) is 0 Å². The van der Waals surface area contributed by atoms with Gasteiger partial charge in [-0.3, -0.25) is 0 Å². The van der Waals surface area contributed by atoms with Crippen molar-refractivity contribution in [2.45, 2.75) is 59.0 Å². The second-order valence-electron chi connectivity index (χ2n) is 6.28. The van der Waals surface area contributed by atoms with E-state index in [1.54, 1.807) is 0 Å². The van der Waals surface area contributed by atoms with Crippen molar-refractivity contribution in [1.82, 2.24) is 10.2 Å². The number of hydrogen-bond acceptors (Lipinski definition) is 2. The van der Waals surface area contributed by atoms with Crippen LogP contribution in [0.2, 0.25) is 0 Å². The summed E-state index contributed by atoms with van der Waals surface area (Å²) in [7, 11) is 0. The third-order valence-electron chi connectivity index (χ3n) is 4.49. The van der Waals surface area contributed by atoms with E-state index in [1.165, 1.54) is 62.0 Å². The Morgan fingerprint density at radius 3 is 2.60 bits per heavy atom. The van der Waals surface area contributed by atoms with Gasteiger partial charge in [0, 0.05) is 12.6 Å². The first kappa shape index (κ1) is 15.5. The van der Waals surface area contributed by atoms with E-state index in [4.69, 9.17) is 0 Å². The molecule has 20 heavy (non-hydrogen) atoms. The van der Waals surface area contributed by atoms with Gasteiger partial charge >= 0.3 is 0 Å². The van der Waals surface area contributed by atoms with Crippen LogP contribution in [-0.4, -0.2) is 30.6 Å². The molecule has 1 aromatic carbocycles. The van der Waals surface area contributed by atoms with Crippen LogP contribution in [0, 0.1) is 13.8 Å². The summed E-state index contributed by atoms with van der Waals surface area (Å²) in [6.45, 7) is 11.5. The van der Waals surface area contributed by atoms with Crippen LogP contribution in [0.1, 0.15) is 49.3 Å². The van der Waals surface area contributed by atoms with Gasteiger partial charge in [-0.25, -0.2) is 0 Å². The molecule has 1 fully saturated rings. The maximum absolute atomic E-state index is 3.75. The zero-order valence-corrected chi connectivity index (χ0v) is 13.4. The Morgan fingerprint density at radius 2 is 1.95 bits per heavy atom. The number of unbranched alkanes of at least 4 members (excludes halogenated alkanes) is 1. The lowest BCUT2D eigenvalue weighted by atomic mass is 10.0. The molecular weight excluding hydrogens is 244 g/mol. The van der Waals surface area contributed by atoms with Gasteiger partial charge < -0.3 is 10.2 Å². The molecular formula is C18H30N2. The SMILES string of the molecule is CCCCN1CCC(NCc2ccc(C)cc2C)CC1. The highest BCUT2D eigenvalue weighted by Gasteiger charge is 2.18. The lowest BCUT2D eigenvalue weighted by Crippen LogP contribution is -2.42. The molecule has 1 aliphatic heterocycles. The summed E-state index contributed by atoms with van der Waals surface area (Å²) in [5.41, 5.74) is 4.22. The predicted octanol–water partition coefficient (Wildman–Crippen LogP) is 3.66. The Bertz CT molecular complexity index is 406. The largest absolute Gasteiger partial charge is 0.310 e. The zero-order chi connectivity index (χ0) is 14.4. The van der Waals surface area contributed by atoms with Gasteiger partial charge in [0.25, 0.3) is 0 Å². The van der Waals surface area contributed by atoms with E-state index in [-0.39, 0.29) is 0 Å². The van der Waals surface area contributed by atoms with Crippen LogP contribution < -0.4 is 5.32 Å². The van der Waals surface area contributed by atoms with Gasteiger partial charge in [0.15, 0.2) is 0 Å². The first-order valence-electron chi connectivity index (χ1n) is 8.21. The molecule has 2 heteroatoms. The Kier molecular flexibility index (Phi) is 6.06. The molecule has 1 heterocycles. The van der Waals surface area contributed by atoms with Gasteiger partial charge in [0.05, 0.1) is 0 Å². The molecule has 0 saturated carbocycles. The summed E-state index contributed by atoms with van der Waals surface area (Å²) >= 11 is 0. The number of piperidine rings is 1. The fourth-order valence-electron chi connectivity index (χ4n) is 3.04. The highest BCUT2D eigenvalue weighted by molar-refractivity contribution is 5.30. The second-order valence-corrected chi connectivity index (χ2v) is 6.28. The van der Waals surface area contributed by atoms with E-state index < -0.39 is 0 Å². The Labute approximate surface area is 124 Å². The summed E-state index contributed by atoms with van der Waals surface area (Å²) in [5.74, 6) is 0. The van der Waals surface area contributed by atoms with Crippen molar-refractivity contribution in [1.29, 1.82) is 0 Å². The third-order valence-corrected chi connectivity index (χ3v) is 4.49. The molecule has 0 amide bonds. The van der Waals surface area contributed by atoms with Crippen molar-refractivity contribution in [3.63, 3.8) is 0 Å². The van der Waals surface area contributed by atoms with Gasteiger partial charge in [0.2, 0.25) is 0 Å². The molecule has 1 aliphatic rings. The zero-order valence-electron chi connectivity index (χ0n) is 13.4. The highest BCUT2D eigenvalue weighted by Crippen LogP contribution is 2.14. The topological polar surface area (TPSA) is 15.3 Å². The fourth-order valence-corrected chi connectivity index (χ4v) is 3.04. The molecule has 2 nitrogen and oxygen atoms in total. The van der Waals surface area contributed by atoms with Crippen molar-refractivity contribution in [3.05, 3.63) is 34.9 Å². The maximum atomic E-state index is 3.75. The van der Waals surface area contributed by atoms with Crippen LogP contribution in [0.5, 0.6) is 0 Å². The number of hydrogen-bond donors (Lipinski definition) is 1. The van der Waals surface area contributed by atoms with E-state index in [9.17, 15) is 0 Å². The minimum atomic E-state index is 0.702. The van der Waals surface area contributed by atoms with Crippen LogP contribution >= 0.6 is 0 Å². The first-order valence-corrected chi connectivity index (χ1v) is 8.21. The number of rotatable bonds is 6. The smallest absolute Gasteiger partial charge is 0.0210 e. The van der Waals surface area contributed by atoms with Gasteiger partial charge in [-0.2, -0.15) is 0 Å². The van der Waals surface area contributed by atoms with Crippen LogP contribution in [0.25, 0.3) is 0 Å². The average molecular weight is 274 g/mol. The standard InChI is InChI=1S/C18H30N2/c1-4-5-10-20-11-8-18(9-12-20)19-14-17-7-6-15(2)13-16(17)3/h6-7,13,18-19H,4-5,8-12,14H2,1-3H3. The summed E-state index contributed by atoms with van der Waals surface area (Å²) < 4.78 is 0. The quantitative estimate of drug-likeness (QED) is 0.851. The molecule has 0 spiro atoms. The predicted molar refractivity (Wildman–Crippen MR) is 87.1 cm³/mol. The van der Waals surface area contributed by atoms with Crippen molar-refractivity contribution in [3.8, 4) is 0 Å². The monoisotopic (exact) mass is 274 g/mol. The van der Waals surface area contributed by atoms with Gasteiger partial charge in [-0.05, 0) is 63.9 Å². The minimum Gasteiger partial charge on any atom is -0.310 e. The van der Waals surface area contributed by atoms with Crippen LogP contribution in [0.4, 0.5) is 0 Å².